The summed E-state index contributed by atoms with van der Waals surface area (Å²) in [4.78, 5) is 12.9. The first-order valence-electron chi connectivity index (χ1n) is 4.94. The van der Waals surface area contributed by atoms with Gasteiger partial charge in [0.15, 0.2) is 5.78 Å². The van der Waals surface area contributed by atoms with Gasteiger partial charge < -0.3 is 0 Å². The zero-order chi connectivity index (χ0) is 11.1. The largest absolute Gasteiger partial charge is 0.294 e. The van der Waals surface area contributed by atoms with Crippen LogP contribution in [0.15, 0.2) is 29.2 Å². The third-order valence-corrected chi connectivity index (χ3v) is 3.60. The van der Waals surface area contributed by atoms with E-state index < -0.39 is 0 Å². The summed E-state index contributed by atoms with van der Waals surface area (Å²) in [5, 5.41) is 0. The highest BCUT2D eigenvalue weighted by Gasteiger charge is 2.04. The average molecular weight is 240 g/mol. The molecule has 15 heavy (non-hydrogen) atoms. The fraction of sp³-hybridized carbons (Fsp3) is 0.417. The molecular weight excluding hydrogens is 224 g/mol. The number of Topliss-reactive ketones (excluding diaryl/α,β-unsaturated/α-hetero) is 1. The molecule has 0 aliphatic heterocycles. The standard InChI is InChI=1S/C12H16OS2/c1-14-9-3-4-12(13)10-5-7-11(15-2)8-6-10/h5-8H,3-4,9H2,1-2H3. The molecular formula is C12H16OS2. The lowest BCUT2D eigenvalue weighted by atomic mass is 10.1. The third-order valence-electron chi connectivity index (χ3n) is 2.16. The molecule has 0 amide bonds. The molecule has 0 N–H and O–H groups in total. The van der Waals surface area contributed by atoms with Crippen molar-refractivity contribution in [2.24, 2.45) is 0 Å². The Balaban J connectivity index is 2.50. The SMILES string of the molecule is CSCCCC(=O)c1ccc(SC)cc1. The number of carbonyl (C=O) groups excluding carboxylic acids is 1. The molecule has 0 radical (unpaired) electrons. The van der Waals surface area contributed by atoms with Crippen LogP contribution in [0.3, 0.4) is 0 Å². The van der Waals surface area contributed by atoms with Crippen LogP contribution < -0.4 is 0 Å². The zero-order valence-corrected chi connectivity index (χ0v) is 10.8. The Morgan fingerprint density at radius 2 is 1.87 bits per heavy atom. The van der Waals surface area contributed by atoms with Crippen LogP contribution in [0.1, 0.15) is 23.2 Å². The minimum atomic E-state index is 0.261. The Morgan fingerprint density at radius 3 is 2.40 bits per heavy atom. The summed E-state index contributed by atoms with van der Waals surface area (Å²) in [5.74, 6) is 1.32. The van der Waals surface area contributed by atoms with Gasteiger partial charge in [-0.05, 0) is 36.8 Å². The normalized spacial score (nSPS) is 10.3. The van der Waals surface area contributed by atoms with Gasteiger partial charge in [-0.1, -0.05) is 12.1 Å². The smallest absolute Gasteiger partial charge is 0.162 e. The minimum Gasteiger partial charge on any atom is -0.294 e. The highest BCUT2D eigenvalue weighted by atomic mass is 32.2. The third kappa shape index (κ3) is 4.31. The number of hydrogen-bond acceptors (Lipinski definition) is 3. The van der Waals surface area contributed by atoms with Crippen molar-refractivity contribution in [1.82, 2.24) is 0 Å². The van der Waals surface area contributed by atoms with Gasteiger partial charge in [-0.15, -0.1) is 11.8 Å². The fourth-order valence-corrected chi connectivity index (χ4v) is 2.14. The number of benzene rings is 1. The molecule has 0 bridgehead atoms. The number of ketones is 1. The van der Waals surface area contributed by atoms with Gasteiger partial charge in [0, 0.05) is 16.9 Å². The van der Waals surface area contributed by atoms with E-state index in [1.807, 2.05) is 30.5 Å². The van der Waals surface area contributed by atoms with Crippen LogP contribution in [0, 0.1) is 0 Å². The molecule has 1 nitrogen and oxygen atoms in total. The van der Waals surface area contributed by atoms with E-state index in [0.29, 0.717) is 6.42 Å². The summed E-state index contributed by atoms with van der Waals surface area (Å²) < 4.78 is 0. The van der Waals surface area contributed by atoms with Crippen LogP contribution in [0.5, 0.6) is 0 Å². The highest BCUT2D eigenvalue weighted by Crippen LogP contribution is 2.16. The first-order chi connectivity index (χ1) is 7.27. The van der Waals surface area contributed by atoms with Gasteiger partial charge in [-0.25, -0.2) is 0 Å². The zero-order valence-electron chi connectivity index (χ0n) is 9.16. The van der Waals surface area contributed by atoms with Crippen molar-refractivity contribution in [1.29, 1.82) is 0 Å². The summed E-state index contributed by atoms with van der Waals surface area (Å²) in [6.45, 7) is 0. The summed E-state index contributed by atoms with van der Waals surface area (Å²) in [6.07, 6.45) is 5.75. The van der Waals surface area contributed by atoms with Crippen LogP contribution in [-0.2, 0) is 0 Å². The lowest BCUT2D eigenvalue weighted by Crippen LogP contribution is -1.99. The molecule has 0 saturated carbocycles. The van der Waals surface area contributed by atoms with Gasteiger partial charge in [0.2, 0.25) is 0 Å². The Labute approximate surface area is 100 Å². The Bertz CT molecular complexity index is 306. The molecule has 0 aromatic heterocycles. The van der Waals surface area contributed by atoms with E-state index >= 15 is 0 Å². The van der Waals surface area contributed by atoms with E-state index in [-0.39, 0.29) is 5.78 Å². The molecule has 82 valence electrons. The lowest BCUT2D eigenvalue weighted by molar-refractivity contribution is 0.0982. The van der Waals surface area contributed by atoms with E-state index in [0.717, 1.165) is 17.7 Å². The summed E-state index contributed by atoms with van der Waals surface area (Å²) in [7, 11) is 0. The molecule has 0 spiro atoms. The number of carbonyl (C=O) groups is 1. The molecule has 0 atom stereocenters. The molecule has 1 aromatic rings. The maximum Gasteiger partial charge on any atom is 0.162 e. The number of thioether (sulfide) groups is 2. The predicted molar refractivity (Wildman–Crippen MR) is 70.2 cm³/mol. The van der Waals surface area contributed by atoms with Gasteiger partial charge in [0.05, 0.1) is 0 Å². The van der Waals surface area contributed by atoms with Crippen LogP contribution in [0.2, 0.25) is 0 Å². The van der Waals surface area contributed by atoms with Crippen molar-refractivity contribution in [3.8, 4) is 0 Å². The minimum absolute atomic E-state index is 0.261. The molecule has 0 aliphatic rings. The second kappa shape index (κ2) is 6.96. The monoisotopic (exact) mass is 240 g/mol. The second-order valence-electron chi connectivity index (χ2n) is 3.25. The Morgan fingerprint density at radius 1 is 1.20 bits per heavy atom. The topological polar surface area (TPSA) is 17.1 Å². The predicted octanol–water partition coefficient (Wildman–Crippen LogP) is 3.73. The average Bonchev–Trinajstić information content (AvgIpc) is 2.29. The highest BCUT2D eigenvalue weighted by molar-refractivity contribution is 7.98. The van der Waals surface area contributed by atoms with E-state index in [1.54, 1.807) is 23.5 Å². The number of rotatable bonds is 6. The van der Waals surface area contributed by atoms with E-state index in [9.17, 15) is 4.79 Å². The molecule has 0 heterocycles. The number of hydrogen-bond donors (Lipinski definition) is 0. The van der Waals surface area contributed by atoms with Crippen molar-refractivity contribution in [2.75, 3.05) is 18.3 Å². The quantitative estimate of drug-likeness (QED) is 0.428. The van der Waals surface area contributed by atoms with E-state index in [2.05, 4.69) is 6.26 Å². The van der Waals surface area contributed by atoms with Crippen LogP contribution >= 0.6 is 23.5 Å². The van der Waals surface area contributed by atoms with Crippen molar-refractivity contribution < 1.29 is 4.79 Å². The van der Waals surface area contributed by atoms with E-state index in [1.165, 1.54) is 4.90 Å². The molecule has 3 heteroatoms. The van der Waals surface area contributed by atoms with Gasteiger partial charge in [-0.3, -0.25) is 4.79 Å². The van der Waals surface area contributed by atoms with Gasteiger partial charge in [0.25, 0.3) is 0 Å². The molecule has 1 rings (SSSR count). The van der Waals surface area contributed by atoms with E-state index in [4.69, 9.17) is 0 Å². The van der Waals surface area contributed by atoms with Crippen molar-refractivity contribution in [2.45, 2.75) is 17.7 Å². The van der Waals surface area contributed by atoms with Gasteiger partial charge >= 0.3 is 0 Å². The maximum absolute atomic E-state index is 11.7. The molecule has 0 aliphatic carbocycles. The maximum atomic E-state index is 11.7. The van der Waals surface area contributed by atoms with Gasteiger partial charge in [0.1, 0.15) is 0 Å². The van der Waals surface area contributed by atoms with Crippen molar-refractivity contribution in [3.63, 3.8) is 0 Å². The second-order valence-corrected chi connectivity index (χ2v) is 5.11. The van der Waals surface area contributed by atoms with Crippen LogP contribution in [-0.4, -0.2) is 24.0 Å². The molecule has 0 fully saturated rings. The Hall–Kier alpha value is -0.410. The lowest BCUT2D eigenvalue weighted by Gasteiger charge is -2.01. The van der Waals surface area contributed by atoms with Crippen LogP contribution in [0.25, 0.3) is 0 Å². The van der Waals surface area contributed by atoms with Crippen molar-refractivity contribution >= 4 is 29.3 Å². The summed E-state index contributed by atoms with van der Waals surface area (Å²) in [6, 6.07) is 7.86. The van der Waals surface area contributed by atoms with Crippen molar-refractivity contribution in [3.05, 3.63) is 29.8 Å². The molecule has 1 aromatic carbocycles. The summed E-state index contributed by atoms with van der Waals surface area (Å²) in [5.41, 5.74) is 0.842. The molecule has 0 saturated heterocycles. The first kappa shape index (κ1) is 12.7. The fourth-order valence-electron chi connectivity index (χ4n) is 1.30. The van der Waals surface area contributed by atoms with Crippen LogP contribution in [0.4, 0.5) is 0 Å². The summed E-state index contributed by atoms with van der Waals surface area (Å²) >= 11 is 3.49. The molecule has 0 unspecified atom stereocenters. The first-order valence-corrected chi connectivity index (χ1v) is 7.56. The van der Waals surface area contributed by atoms with Gasteiger partial charge in [-0.2, -0.15) is 11.8 Å². The Kier molecular flexibility index (Phi) is 5.88.